The van der Waals surface area contributed by atoms with E-state index in [0.29, 0.717) is 0 Å². The van der Waals surface area contributed by atoms with Gasteiger partial charge >= 0.3 is 0 Å². The third kappa shape index (κ3) is 2.40. The van der Waals surface area contributed by atoms with Gasteiger partial charge in [0.25, 0.3) is 0 Å². The van der Waals surface area contributed by atoms with Crippen LogP contribution in [0, 0.1) is 5.82 Å². The maximum absolute atomic E-state index is 13.1. The summed E-state index contributed by atoms with van der Waals surface area (Å²) in [4.78, 5) is 10.8. The molecular formula is C8H8ClFN2O. The predicted molar refractivity (Wildman–Crippen MR) is 47.4 cm³/mol. The zero-order valence-corrected chi connectivity index (χ0v) is 7.44. The van der Waals surface area contributed by atoms with Crippen molar-refractivity contribution in [2.24, 2.45) is 5.84 Å². The lowest BCUT2D eigenvalue weighted by atomic mass is 10.1. The van der Waals surface area contributed by atoms with Crippen LogP contribution in [0.2, 0.25) is 5.02 Å². The molecule has 0 saturated heterocycles. The molecule has 0 saturated carbocycles. The second-order valence-corrected chi connectivity index (χ2v) is 2.86. The summed E-state index contributed by atoms with van der Waals surface area (Å²) in [5.41, 5.74) is 2.14. The summed E-state index contributed by atoms with van der Waals surface area (Å²) in [6.45, 7) is 0. The highest BCUT2D eigenvalue weighted by molar-refractivity contribution is 6.30. The Bertz CT molecular complexity index is 330. The zero-order valence-electron chi connectivity index (χ0n) is 6.68. The summed E-state index contributed by atoms with van der Waals surface area (Å²) in [6.07, 6.45) is -0.108. The third-order valence-corrected chi connectivity index (χ3v) is 1.84. The topological polar surface area (TPSA) is 55.1 Å². The van der Waals surface area contributed by atoms with Gasteiger partial charge in [0.2, 0.25) is 5.91 Å². The van der Waals surface area contributed by atoms with Crippen molar-refractivity contribution in [1.82, 2.24) is 5.43 Å². The van der Waals surface area contributed by atoms with Crippen molar-refractivity contribution in [3.63, 3.8) is 0 Å². The van der Waals surface area contributed by atoms with Crippen LogP contribution in [0.1, 0.15) is 5.56 Å². The summed E-state index contributed by atoms with van der Waals surface area (Å²) >= 11 is 5.50. The summed E-state index contributed by atoms with van der Waals surface area (Å²) in [7, 11) is 0. The molecule has 0 heterocycles. The van der Waals surface area contributed by atoms with E-state index in [2.05, 4.69) is 0 Å². The lowest BCUT2D eigenvalue weighted by Crippen LogP contribution is -2.31. The smallest absolute Gasteiger partial charge is 0.238 e. The first kappa shape index (κ1) is 9.95. The van der Waals surface area contributed by atoms with E-state index in [1.807, 2.05) is 5.43 Å². The van der Waals surface area contributed by atoms with Gasteiger partial charge in [-0.2, -0.15) is 0 Å². The Kier molecular flexibility index (Phi) is 3.22. The highest BCUT2D eigenvalue weighted by Gasteiger charge is 2.09. The Labute approximate surface area is 79.7 Å². The SMILES string of the molecule is NNC(=O)Cc1cccc(Cl)c1F. The molecule has 0 aliphatic carbocycles. The molecule has 0 spiro atoms. The Balaban J connectivity index is 2.89. The molecule has 0 atom stereocenters. The van der Waals surface area contributed by atoms with Gasteiger partial charge in [0.1, 0.15) is 5.82 Å². The van der Waals surface area contributed by atoms with Crippen molar-refractivity contribution in [2.75, 3.05) is 0 Å². The van der Waals surface area contributed by atoms with Crippen LogP contribution in [0.5, 0.6) is 0 Å². The van der Waals surface area contributed by atoms with E-state index in [1.54, 1.807) is 6.07 Å². The van der Waals surface area contributed by atoms with Gasteiger partial charge in [-0.1, -0.05) is 23.7 Å². The fraction of sp³-hybridized carbons (Fsp3) is 0.125. The predicted octanol–water partition coefficient (Wildman–Crippen LogP) is 1.01. The number of hydrogen-bond donors (Lipinski definition) is 2. The first-order valence-electron chi connectivity index (χ1n) is 3.57. The highest BCUT2D eigenvalue weighted by Crippen LogP contribution is 2.17. The van der Waals surface area contributed by atoms with Crippen molar-refractivity contribution >= 4 is 17.5 Å². The minimum Gasteiger partial charge on any atom is -0.294 e. The fourth-order valence-electron chi connectivity index (χ4n) is 0.909. The van der Waals surface area contributed by atoms with Crippen LogP contribution < -0.4 is 11.3 Å². The van der Waals surface area contributed by atoms with Crippen LogP contribution in [-0.2, 0) is 11.2 Å². The first-order chi connectivity index (χ1) is 6.15. The number of nitrogens with one attached hydrogen (secondary N) is 1. The molecule has 3 N–H and O–H groups in total. The van der Waals surface area contributed by atoms with Gasteiger partial charge in [0.15, 0.2) is 0 Å². The van der Waals surface area contributed by atoms with E-state index >= 15 is 0 Å². The van der Waals surface area contributed by atoms with Crippen LogP contribution in [0.4, 0.5) is 4.39 Å². The molecule has 0 fully saturated rings. The Morgan fingerprint density at radius 1 is 1.62 bits per heavy atom. The molecule has 1 aromatic carbocycles. The lowest BCUT2D eigenvalue weighted by Gasteiger charge is -2.02. The average Bonchev–Trinajstić information content (AvgIpc) is 2.13. The van der Waals surface area contributed by atoms with Gasteiger partial charge in [-0.3, -0.25) is 10.2 Å². The minimum atomic E-state index is -0.576. The van der Waals surface area contributed by atoms with E-state index in [-0.39, 0.29) is 17.0 Å². The lowest BCUT2D eigenvalue weighted by molar-refractivity contribution is -0.120. The Morgan fingerprint density at radius 3 is 2.92 bits per heavy atom. The quantitative estimate of drug-likeness (QED) is 0.427. The molecule has 0 aliphatic heterocycles. The molecule has 5 heteroatoms. The maximum Gasteiger partial charge on any atom is 0.238 e. The second kappa shape index (κ2) is 4.20. The molecule has 0 bridgehead atoms. The fourth-order valence-corrected chi connectivity index (χ4v) is 1.10. The largest absolute Gasteiger partial charge is 0.294 e. The molecule has 13 heavy (non-hydrogen) atoms. The summed E-state index contributed by atoms with van der Waals surface area (Å²) in [5, 5.41) is 0.00215. The van der Waals surface area contributed by atoms with Gasteiger partial charge in [-0.25, -0.2) is 10.2 Å². The number of amides is 1. The molecule has 1 amide bonds. The van der Waals surface area contributed by atoms with Gasteiger partial charge in [-0.15, -0.1) is 0 Å². The number of hydrogen-bond acceptors (Lipinski definition) is 2. The number of benzene rings is 1. The van der Waals surface area contributed by atoms with E-state index in [9.17, 15) is 9.18 Å². The minimum absolute atomic E-state index is 0.00215. The molecule has 0 radical (unpaired) electrons. The van der Waals surface area contributed by atoms with Crippen molar-refractivity contribution in [3.8, 4) is 0 Å². The van der Waals surface area contributed by atoms with Crippen LogP contribution in [0.25, 0.3) is 0 Å². The maximum atomic E-state index is 13.1. The van der Waals surface area contributed by atoms with Crippen LogP contribution in [-0.4, -0.2) is 5.91 Å². The second-order valence-electron chi connectivity index (χ2n) is 2.46. The van der Waals surface area contributed by atoms with E-state index in [0.717, 1.165) is 0 Å². The van der Waals surface area contributed by atoms with Gasteiger partial charge in [0.05, 0.1) is 11.4 Å². The molecular weight excluding hydrogens is 195 g/mol. The number of nitrogens with two attached hydrogens (primary N) is 1. The number of carbonyl (C=O) groups is 1. The average molecular weight is 203 g/mol. The van der Waals surface area contributed by atoms with Crippen molar-refractivity contribution in [1.29, 1.82) is 0 Å². The molecule has 3 nitrogen and oxygen atoms in total. The van der Waals surface area contributed by atoms with Crippen molar-refractivity contribution in [2.45, 2.75) is 6.42 Å². The molecule has 1 rings (SSSR count). The zero-order chi connectivity index (χ0) is 9.84. The normalized spacial score (nSPS) is 9.77. The molecule has 0 unspecified atom stereocenters. The Morgan fingerprint density at radius 2 is 2.31 bits per heavy atom. The molecule has 0 aliphatic rings. The Hall–Kier alpha value is -1.13. The summed E-state index contributed by atoms with van der Waals surface area (Å²) in [6, 6.07) is 4.47. The van der Waals surface area contributed by atoms with Crippen molar-refractivity contribution in [3.05, 3.63) is 34.6 Å². The van der Waals surface area contributed by atoms with Gasteiger partial charge in [0, 0.05) is 0 Å². The van der Waals surface area contributed by atoms with Crippen LogP contribution in [0.3, 0.4) is 0 Å². The molecule has 70 valence electrons. The van der Waals surface area contributed by atoms with Gasteiger partial charge < -0.3 is 0 Å². The van der Waals surface area contributed by atoms with E-state index < -0.39 is 11.7 Å². The van der Waals surface area contributed by atoms with Crippen molar-refractivity contribution < 1.29 is 9.18 Å². The van der Waals surface area contributed by atoms with E-state index in [4.69, 9.17) is 17.4 Å². The van der Waals surface area contributed by atoms with Crippen LogP contribution >= 0.6 is 11.6 Å². The molecule has 0 aromatic heterocycles. The third-order valence-electron chi connectivity index (χ3n) is 1.54. The molecule has 1 aromatic rings. The number of rotatable bonds is 2. The van der Waals surface area contributed by atoms with Gasteiger partial charge in [-0.05, 0) is 11.6 Å². The van der Waals surface area contributed by atoms with Crippen LogP contribution in [0.15, 0.2) is 18.2 Å². The summed E-state index contributed by atoms with van der Waals surface area (Å²) in [5.74, 6) is 3.82. The number of carbonyl (C=O) groups excluding carboxylic acids is 1. The number of halogens is 2. The monoisotopic (exact) mass is 202 g/mol. The standard InChI is InChI=1S/C8H8ClFN2O/c9-6-3-1-2-5(8(6)10)4-7(13)12-11/h1-3H,4,11H2,(H,12,13). The summed E-state index contributed by atoms with van der Waals surface area (Å²) < 4.78 is 13.1. The van der Waals surface area contributed by atoms with E-state index in [1.165, 1.54) is 12.1 Å². The number of hydrazine groups is 1. The highest BCUT2D eigenvalue weighted by atomic mass is 35.5. The first-order valence-corrected chi connectivity index (χ1v) is 3.95.